The zero-order valence-electron chi connectivity index (χ0n) is 15.3. The van der Waals surface area contributed by atoms with Gasteiger partial charge in [-0.3, -0.25) is 9.59 Å². The van der Waals surface area contributed by atoms with Crippen molar-refractivity contribution < 1.29 is 19.1 Å². The highest BCUT2D eigenvalue weighted by atomic mass is 16.6. The van der Waals surface area contributed by atoms with E-state index in [4.69, 9.17) is 4.74 Å². The van der Waals surface area contributed by atoms with Crippen molar-refractivity contribution in [3.8, 4) is 0 Å². The number of amides is 2. The van der Waals surface area contributed by atoms with Crippen molar-refractivity contribution in [1.29, 1.82) is 0 Å². The summed E-state index contributed by atoms with van der Waals surface area (Å²) in [6.07, 6.45) is 4.87. The number of hydrogen-bond acceptors (Lipinski definition) is 4. The molecule has 0 radical (unpaired) electrons. The van der Waals surface area contributed by atoms with E-state index >= 15 is 0 Å². The molecule has 6 nitrogen and oxygen atoms in total. The minimum atomic E-state index is -0.702. The van der Waals surface area contributed by atoms with E-state index in [2.05, 4.69) is 5.32 Å². The van der Waals surface area contributed by atoms with Crippen molar-refractivity contribution in [1.82, 2.24) is 10.2 Å². The molecule has 136 valence electrons. The van der Waals surface area contributed by atoms with Crippen LogP contribution >= 0.6 is 0 Å². The lowest BCUT2D eigenvalue weighted by Gasteiger charge is -2.35. The third-order valence-electron chi connectivity index (χ3n) is 4.96. The van der Waals surface area contributed by atoms with Gasteiger partial charge in [-0.15, -0.1) is 0 Å². The van der Waals surface area contributed by atoms with Crippen molar-refractivity contribution in [2.75, 3.05) is 6.54 Å². The van der Waals surface area contributed by atoms with Gasteiger partial charge in [0.1, 0.15) is 12.1 Å². The van der Waals surface area contributed by atoms with E-state index in [1.807, 2.05) is 20.8 Å². The van der Waals surface area contributed by atoms with Crippen molar-refractivity contribution >= 4 is 17.8 Å². The first-order valence-electron chi connectivity index (χ1n) is 8.98. The molecule has 2 atom stereocenters. The smallest absolute Gasteiger partial charge is 0.408 e. The third-order valence-corrected chi connectivity index (χ3v) is 4.96. The molecule has 2 amide bonds. The molecular weight excluding hydrogens is 308 g/mol. The fraction of sp³-hybridized carbons (Fsp3) is 0.833. The zero-order valence-corrected chi connectivity index (χ0v) is 15.3. The summed E-state index contributed by atoms with van der Waals surface area (Å²) in [4.78, 5) is 38.6. The molecule has 0 aromatic rings. The van der Waals surface area contributed by atoms with Gasteiger partial charge >= 0.3 is 6.09 Å². The summed E-state index contributed by atoms with van der Waals surface area (Å²) in [5.41, 5.74) is -0.463. The van der Waals surface area contributed by atoms with Gasteiger partial charge in [-0.05, 0) is 50.9 Å². The number of alkyl carbamates (subject to hydrolysis) is 1. The molecule has 1 aliphatic heterocycles. The largest absolute Gasteiger partial charge is 0.446 e. The second-order valence-corrected chi connectivity index (χ2v) is 8.06. The molecule has 0 aromatic heterocycles. The molecule has 1 aliphatic carbocycles. The third kappa shape index (κ3) is 4.48. The lowest BCUT2D eigenvalue weighted by atomic mass is 9.85. The maximum Gasteiger partial charge on any atom is 0.408 e. The van der Waals surface area contributed by atoms with Crippen LogP contribution in [0.5, 0.6) is 0 Å². The Hall–Kier alpha value is -1.59. The standard InChI is InChI=1S/C18H30N2O4/c1-12(21)14-10-7-11-20(14)16(22)15(18(2,3)4)19-17(23)24-13-8-5-6-9-13/h13-15H,5-11H2,1-4H3,(H,19,23)/t14-,15+/m0/s1. The number of nitrogens with one attached hydrogen (secondary N) is 1. The highest BCUT2D eigenvalue weighted by Gasteiger charge is 2.41. The molecule has 2 fully saturated rings. The molecule has 2 aliphatic rings. The van der Waals surface area contributed by atoms with Gasteiger partial charge in [-0.25, -0.2) is 4.79 Å². The number of hydrogen-bond donors (Lipinski definition) is 1. The molecule has 1 N–H and O–H groups in total. The number of carbonyl (C=O) groups is 3. The molecule has 1 saturated carbocycles. The first-order valence-corrected chi connectivity index (χ1v) is 8.98. The zero-order chi connectivity index (χ0) is 17.9. The Bertz CT molecular complexity index is 492. The Balaban J connectivity index is 2.05. The van der Waals surface area contributed by atoms with Gasteiger partial charge < -0.3 is 15.0 Å². The number of likely N-dealkylation sites (tertiary alicyclic amines) is 1. The van der Waals surface area contributed by atoms with Crippen LogP contribution in [0.1, 0.15) is 66.2 Å². The molecule has 6 heteroatoms. The number of carbonyl (C=O) groups excluding carboxylic acids is 3. The average Bonchev–Trinajstić information content (AvgIpc) is 3.13. The van der Waals surface area contributed by atoms with E-state index in [-0.39, 0.29) is 23.8 Å². The van der Waals surface area contributed by atoms with E-state index in [1.165, 1.54) is 6.92 Å². The fourth-order valence-corrected chi connectivity index (χ4v) is 3.58. The van der Waals surface area contributed by atoms with Gasteiger partial charge in [-0.2, -0.15) is 0 Å². The molecule has 0 aromatic carbocycles. The van der Waals surface area contributed by atoms with E-state index in [1.54, 1.807) is 4.90 Å². The predicted molar refractivity (Wildman–Crippen MR) is 90.5 cm³/mol. The maximum atomic E-state index is 13.0. The summed E-state index contributed by atoms with van der Waals surface area (Å²) >= 11 is 0. The van der Waals surface area contributed by atoms with Crippen LogP contribution in [0.15, 0.2) is 0 Å². The van der Waals surface area contributed by atoms with Crippen molar-refractivity contribution in [3.63, 3.8) is 0 Å². The van der Waals surface area contributed by atoms with Crippen molar-refractivity contribution in [3.05, 3.63) is 0 Å². The molecule has 0 unspecified atom stereocenters. The normalized spacial score (nSPS) is 23.2. The SMILES string of the molecule is CC(=O)[C@@H]1CCCN1C(=O)[C@@H](NC(=O)OC1CCCC1)C(C)(C)C. The highest BCUT2D eigenvalue weighted by molar-refractivity contribution is 5.92. The van der Waals surface area contributed by atoms with Crippen molar-refractivity contribution in [2.24, 2.45) is 5.41 Å². The van der Waals surface area contributed by atoms with E-state index in [9.17, 15) is 14.4 Å². The van der Waals surface area contributed by atoms with Crippen molar-refractivity contribution in [2.45, 2.75) is 84.4 Å². The highest BCUT2D eigenvalue weighted by Crippen LogP contribution is 2.27. The predicted octanol–water partition coefficient (Wildman–Crippen LogP) is 2.65. The van der Waals surface area contributed by atoms with Crippen LogP contribution in [0.4, 0.5) is 4.79 Å². The van der Waals surface area contributed by atoms with Gasteiger partial charge in [0.25, 0.3) is 0 Å². The van der Waals surface area contributed by atoms with Gasteiger partial charge in [0.2, 0.25) is 5.91 Å². The van der Waals surface area contributed by atoms with Crippen LogP contribution < -0.4 is 5.32 Å². The molecule has 24 heavy (non-hydrogen) atoms. The molecule has 1 saturated heterocycles. The van der Waals surface area contributed by atoms with Gasteiger partial charge in [0.05, 0.1) is 6.04 Å². The van der Waals surface area contributed by atoms with Crippen LogP contribution in [-0.4, -0.2) is 47.4 Å². The topological polar surface area (TPSA) is 75.7 Å². The average molecular weight is 338 g/mol. The number of ether oxygens (including phenoxy) is 1. The van der Waals surface area contributed by atoms with Gasteiger partial charge in [-0.1, -0.05) is 20.8 Å². The monoisotopic (exact) mass is 338 g/mol. The second-order valence-electron chi connectivity index (χ2n) is 8.06. The molecule has 2 rings (SSSR count). The Kier molecular flexibility index (Phi) is 5.88. The summed E-state index contributed by atoms with van der Waals surface area (Å²) in [7, 11) is 0. The lowest BCUT2D eigenvalue weighted by Crippen LogP contribution is -2.56. The second kappa shape index (κ2) is 7.53. The van der Waals surface area contributed by atoms with Crippen LogP contribution in [0, 0.1) is 5.41 Å². The summed E-state index contributed by atoms with van der Waals surface area (Å²) in [6, 6.07) is -1.07. The minimum Gasteiger partial charge on any atom is -0.446 e. The summed E-state index contributed by atoms with van der Waals surface area (Å²) < 4.78 is 5.44. The van der Waals surface area contributed by atoms with Crippen LogP contribution in [-0.2, 0) is 14.3 Å². The number of ketones is 1. The molecule has 1 heterocycles. The van der Waals surface area contributed by atoms with Crippen LogP contribution in [0.3, 0.4) is 0 Å². The minimum absolute atomic E-state index is 0.00189. The summed E-state index contributed by atoms with van der Waals surface area (Å²) in [5.74, 6) is -0.189. The Morgan fingerprint density at radius 3 is 2.25 bits per heavy atom. The van der Waals surface area contributed by atoms with E-state index in [0.29, 0.717) is 13.0 Å². The maximum absolute atomic E-state index is 13.0. The Labute approximate surface area is 144 Å². The van der Waals surface area contributed by atoms with E-state index in [0.717, 1.165) is 32.1 Å². The number of Topliss-reactive ketones (excluding diaryl/α,β-unsaturated/α-hetero) is 1. The first-order chi connectivity index (χ1) is 11.2. The Morgan fingerprint density at radius 1 is 1.08 bits per heavy atom. The van der Waals surface area contributed by atoms with E-state index < -0.39 is 17.6 Å². The lowest BCUT2D eigenvalue weighted by molar-refractivity contribution is -0.140. The number of rotatable bonds is 4. The quantitative estimate of drug-likeness (QED) is 0.855. The first kappa shape index (κ1) is 18.7. The molecular formula is C18H30N2O4. The van der Waals surface area contributed by atoms with Crippen LogP contribution in [0.2, 0.25) is 0 Å². The molecule has 0 bridgehead atoms. The summed E-state index contributed by atoms with van der Waals surface area (Å²) in [6.45, 7) is 7.80. The molecule has 0 spiro atoms. The Morgan fingerprint density at radius 2 is 1.71 bits per heavy atom. The number of nitrogens with zero attached hydrogens (tertiary/aromatic N) is 1. The van der Waals surface area contributed by atoms with Gasteiger partial charge in [0.15, 0.2) is 5.78 Å². The fourth-order valence-electron chi connectivity index (χ4n) is 3.58. The van der Waals surface area contributed by atoms with Gasteiger partial charge in [0, 0.05) is 6.54 Å². The summed E-state index contributed by atoms with van der Waals surface area (Å²) in [5, 5.41) is 2.76. The van der Waals surface area contributed by atoms with Crippen LogP contribution in [0.25, 0.3) is 0 Å².